The summed E-state index contributed by atoms with van der Waals surface area (Å²) in [6.07, 6.45) is 3.85. The van der Waals surface area contributed by atoms with Gasteiger partial charge in [-0.1, -0.05) is 39.3 Å². The summed E-state index contributed by atoms with van der Waals surface area (Å²) in [5.74, 6) is -4.50. The molecule has 0 saturated carbocycles. The van der Waals surface area contributed by atoms with Gasteiger partial charge in [0.15, 0.2) is 22.5 Å². The standard InChI is InChI=1S/C43H64ClN5O10/c1-12-32-43(8)35(49(40(54)59-43)19-14-13-18-48-23-30(46-24-48)29-16-15-17-45-22-29)27(4)33(50)25(2)21-41(6,55-11)37(28(5)36(52)42(7,44)39(53)57-32)58-38-34(51)31(47(9)10)20-26(3)56-38/h15-17,22-28,31-32,34-35,37-38,51H,12-14,18-21H2,1-11H3/t25-,26-,27+,28+,31+,32?,34-,35-,37-,38+,41-,42?,43-/m1/s1. The molecule has 3 aliphatic heterocycles. The SMILES string of the molecule is CCC1OC(=O)C(C)(Cl)C(=O)[C@H](C)[C@@H](O[C@@H]2O[C@H](C)C[C@H](N(C)C)[C@H]2O)[C@](C)(OC)C[C@@H](C)C(=O)[C@H](C)[C@H]2N(CCCCn3cnc(-c4cccnc4)c3)C(=O)O[C@]12C. The number of esters is 1. The van der Waals surface area contributed by atoms with Crippen LogP contribution in [0.1, 0.15) is 87.5 Å². The van der Waals surface area contributed by atoms with Crippen LogP contribution in [0.3, 0.4) is 0 Å². The normalized spacial score (nSPS) is 37.6. The van der Waals surface area contributed by atoms with Crippen LogP contribution in [-0.4, -0.2) is 140 Å². The molecule has 3 aliphatic rings. The summed E-state index contributed by atoms with van der Waals surface area (Å²) in [7, 11) is 5.18. The van der Waals surface area contributed by atoms with E-state index in [1.165, 1.54) is 14.0 Å². The highest BCUT2D eigenvalue weighted by Crippen LogP contribution is 2.44. The van der Waals surface area contributed by atoms with Crippen molar-refractivity contribution in [2.45, 2.75) is 153 Å². The van der Waals surface area contributed by atoms with Crippen molar-refractivity contribution in [1.29, 1.82) is 0 Å². The van der Waals surface area contributed by atoms with Gasteiger partial charge in [0.05, 0.1) is 35.9 Å². The van der Waals surface area contributed by atoms with E-state index in [2.05, 4.69) is 9.97 Å². The van der Waals surface area contributed by atoms with Crippen molar-refractivity contribution < 1.29 is 48.0 Å². The van der Waals surface area contributed by atoms with Gasteiger partial charge in [0.2, 0.25) is 0 Å². The van der Waals surface area contributed by atoms with Crippen LogP contribution in [0.4, 0.5) is 4.79 Å². The third-order valence-corrected chi connectivity index (χ3v) is 13.2. The number of pyridine rings is 1. The van der Waals surface area contributed by atoms with Crippen LogP contribution >= 0.6 is 11.6 Å². The summed E-state index contributed by atoms with van der Waals surface area (Å²) < 4.78 is 33.1. The molecule has 1 N–H and O–H groups in total. The predicted molar refractivity (Wildman–Crippen MR) is 219 cm³/mol. The number of unbranched alkanes of at least 4 members (excludes halogenated alkanes) is 1. The first-order valence-corrected chi connectivity index (χ1v) is 21.2. The van der Waals surface area contributed by atoms with Crippen molar-refractivity contribution in [3.63, 3.8) is 0 Å². The second-order valence-corrected chi connectivity index (χ2v) is 18.3. The Morgan fingerprint density at radius 2 is 1.75 bits per heavy atom. The van der Waals surface area contributed by atoms with Gasteiger partial charge in [-0.2, -0.15) is 0 Å². The number of aliphatic hydroxyl groups excluding tert-OH is 1. The van der Waals surface area contributed by atoms with Gasteiger partial charge < -0.3 is 43.2 Å². The molecule has 0 aliphatic carbocycles. The van der Waals surface area contributed by atoms with Crippen molar-refractivity contribution in [3.05, 3.63) is 37.1 Å². The quantitative estimate of drug-likeness (QED) is 0.134. The van der Waals surface area contributed by atoms with Gasteiger partial charge >= 0.3 is 12.1 Å². The van der Waals surface area contributed by atoms with Gasteiger partial charge in [-0.05, 0) is 86.0 Å². The first-order valence-electron chi connectivity index (χ1n) is 20.8. The molecule has 0 aromatic carbocycles. The zero-order valence-electron chi connectivity index (χ0n) is 36.4. The molecular weight excluding hydrogens is 782 g/mol. The minimum atomic E-state index is -2.20. The molecular formula is C43H64ClN5O10. The molecule has 2 unspecified atom stereocenters. The van der Waals surface area contributed by atoms with E-state index in [1.807, 2.05) is 48.8 Å². The van der Waals surface area contributed by atoms with Crippen LogP contribution in [0, 0.1) is 17.8 Å². The Bertz CT molecular complexity index is 1790. The average molecular weight is 846 g/mol. The number of ether oxygens (including phenoxy) is 5. The number of halogens is 1. The minimum Gasteiger partial charge on any atom is -0.456 e. The lowest BCUT2D eigenvalue weighted by atomic mass is 9.73. The van der Waals surface area contributed by atoms with Crippen LogP contribution in [-0.2, 0) is 44.6 Å². The Labute approximate surface area is 353 Å². The van der Waals surface area contributed by atoms with E-state index in [0.29, 0.717) is 25.8 Å². The Morgan fingerprint density at radius 1 is 1.05 bits per heavy atom. The Morgan fingerprint density at radius 3 is 2.37 bits per heavy atom. The molecule has 2 aromatic rings. The summed E-state index contributed by atoms with van der Waals surface area (Å²) in [5, 5.41) is 11.5. The summed E-state index contributed by atoms with van der Waals surface area (Å²) in [4.78, 5) is 67.2. The zero-order valence-corrected chi connectivity index (χ0v) is 37.2. The molecule has 5 rings (SSSR count). The molecule has 15 nitrogen and oxygen atoms in total. The number of nitrogens with zero attached hydrogens (tertiary/aromatic N) is 5. The van der Waals surface area contributed by atoms with Crippen LogP contribution < -0.4 is 0 Å². The topological polar surface area (TPSA) is 172 Å². The minimum absolute atomic E-state index is 0.0786. The van der Waals surface area contributed by atoms with Crippen molar-refractivity contribution in [1.82, 2.24) is 24.3 Å². The lowest BCUT2D eigenvalue weighted by molar-refractivity contribution is -0.295. The Balaban J connectivity index is 1.46. The molecule has 59 heavy (non-hydrogen) atoms. The molecule has 13 atom stereocenters. The monoisotopic (exact) mass is 845 g/mol. The smallest absolute Gasteiger partial charge is 0.410 e. The first kappa shape index (κ1) is 46.6. The highest BCUT2D eigenvalue weighted by Gasteiger charge is 2.61. The highest BCUT2D eigenvalue weighted by atomic mass is 35.5. The molecule has 0 spiro atoms. The van der Waals surface area contributed by atoms with Crippen molar-refractivity contribution >= 4 is 35.2 Å². The number of imidazole rings is 1. The number of rotatable bonds is 11. The van der Waals surface area contributed by atoms with E-state index in [4.69, 9.17) is 35.3 Å². The summed E-state index contributed by atoms with van der Waals surface area (Å²) >= 11 is 6.93. The molecule has 5 heterocycles. The second-order valence-electron chi connectivity index (χ2n) is 17.5. The lowest BCUT2D eigenvalue weighted by Crippen LogP contribution is -2.61. The number of alkyl halides is 1. The van der Waals surface area contributed by atoms with Gasteiger partial charge in [-0.3, -0.25) is 14.6 Å². The predicted octanol–water partition coefficient (Wildman–Crippen LogP) is 5.29. The van der Waals surface area contributed by atoms with Crippen molar-refractivity contribution in [2.24, 2.45) is 17.8 Å². The number of carbonyl (C=O) groups excluding carboxylic acids is 4. The maximum atomic E-state index is 14.7. The van der Waals surface area contributed by atoms with E-state index >= 15 is 0 Å². The summed E-state index contributed by atoms with van der Waals surface area (Å²) in [5.41, 5.74) is -1.11. The zero-order chi connectivity index (χ0) is 43.6. The number of amides is 1. The third kappa shape index (κ3) is 9.55. The van der Waals surface area contributed by atoms with E-state index in [9.17, 15) is 24.3 Å². The first-order chi connectivity index (χ1) is 27.7. The van der Waals surface area contributed by atoms with Crippen LogP contribution in [0.15, 0.2) is 37.1 Å². The van der Waals surface area contributed by atoms with Gasteiger partial charge in [0, 0.05) is 68.1 Å². The molecule has 328 valence electrons. The van der Waals surface area contributed by atoms with E-state index < -0.39 is 82.3 Å². The Hall–Kier alpha value is -3.47. The summed E-state index contributed by atoms with van der Waals surface area (Å²) in [6, 6.07) is 2.64. The van der Waals surface area contributed by atoms with Crippen molar-refractivity contribution in [2.75, 3.05) is 27.7 Å². The number of Topliss-reactive ketones (excluding diaryl/α,β-unsaturated/α-hetero) is 2. The number of carbonyl (C=O) groups is 4. The fourth-order valence-electron chi connectivity index (χ4n) is 9.43. The number of aliphatic hydroxyl groups is 1. The van der Waals surface area contributed by atoms with Crippen LogP contribution in [0.2, 0.25) is 0 Å². The molecule has 1 amide bonds. The number of methoxy groups -OCH3 is 1. The fourth-order valence-corrected chi connectivity index (χ4v) is 9.65. The molecule has 0 radical (unpaired) electrons. The number of hydrogen-bond acceptors (Lipinski definition) is 13. The summed E-state index contributed by atoms with van der Waals surface area (Å²) in [6.45, 7) is 14.4. The van der Waals surface area contributed by atoms with Crippen LogP contribution in [0.25, 0.3) is 11.3 Å². The number of ketones is 2. The number of aryl methyl sites for hydroxylation is 1. The van der Waals surface area contributed by atoms with Gasteiger partial charge in [0.25, 0.3) is 0 Å². The maximum Gasteiger partial charge on any atom is 0.410 e. The molecule has 3 fully saturated rings. The van der Waals surface area contributed by atoms with Crippen molar-refractivity contribution in [3.8, 4) is 11.3 Å². The van der Waals surface area contributed by atoms with E-state index in [0.717, 1.165) is 11.3 Å². The van der Waals surface area contributed by atoms with E-state index in [1.54, 1.807) is 65.2 Å². The number of cyclic esters (lactones) is 1. The number of likely N-dealkylation sites (N-methyl/N-ethyl adjacent to an activating group) is 1. The Kier molecular flexibility index (Phi) is 14.7. The second kappa shape index (κ2) is 18.7. The largest absolute Gasteiger partial charge is 0.456 e. The number of hydrogen-bond donors (Lipinski definition) is 1. The lowest BCUT2D eigenvalue weighted by Gasteiger charge is -2.47. The number of fused-ring (bicyclic) bond motifs is 1. The molecule has 0 bridgehead atoms. The van der Waals surface area contributed by atoms with E-state index in [-0.39, 0.29) is 37.3 Å². The molecule has 2 aromatic heterocycles. The number of aromatic nitrogens is 3. The van der Waals surface area contributed by atoms with Gasteiger partial charge in [0.1, 0.15) is 18.0 Å². The van der Waals surface area contributed by atoms with Crippen LogP contribution in [0.5, 0.6) is 0 Å². The third-order valence-electron chi connectivity index (χ3n) is 12.8. The highest BCUT2D eigenvalue weighted by molar-refractivity contribution is 6.45. The maximum absolute atomic E-state index is 14.7. The molecule has 3 saturated heterocycles. The fraction of sp³-hybridized carbons (Fsp3) is 0.721. The van der Waals surface area contributed by atoms with Gasteiger partial charge in [-0.15, -0.1) is 0 Å². The van der Waals surface area contributed by atoms with Gasteiger partial charge in [-0.25, -0.2) is 14.6 Å². The average Bonchev–Trinajstić information content (AvgIpc) is 3.78. The molecule has 16 heteroatoms.